The molecule has 0 aliphatic rings. The van der Waals surface area contributed by atoms with E-state index < -0.39 is 0 Å². The second-order valence-electron chi connectivity index (χ2n) is 3.11. The van der Waals surface area contributed by atoms with E-state index in [1.807, 2.05) is 24.4 Å². The number of aliphatic hydroxyl groups excluding tert-OH is 1. The first kappa shape index (κ1) is 9.43. The minimum atomic E-state index is 0.148. The summed E-state index contributed by atoms with van der Waals surface area (Å²) >= 11 is 1.66. The van der Waals surface area contributed by atoms with Crippen molar-refractivity contribution in [2.24, 2.45) is 0 Å². The van der Waals surface area contributed by atoms with Crippen LogP contribution in [0.1, 0.15) is 11.4 Å². The molecule has 0 unspecified atom stereocenters. The van der Waals surface area contributed by atoms with E-state index >= 15 is 0 Å². The van der Waals surface area contributed by atoms with E-state index in [1.54, 1.807) is 11.3 Å². The van der Waals surface area contributed by atoms with Crippen LogP contribution in [0.4, 0.5) is 0 Å². The van der Waals surface area contributed by atoms with E-state index in [1.165, 1.54) is 0 Å². The summed E-state index contributed by atoms with van der Waals surface area (Å²) in [6, 6.07) is 4.04. The number of imidazole rings is 1. The maximum absolute atomic E-state index is 8.83. The number of aliphatic hydroxyl groups is 1. The molecule has 0 atom stereocenters. The summed E-state index contributed by atoms with van der Waals surface area (Å²) in [5.41, 5.74) is 2.00. The zero-order chi connectivity index (χ0) is 9.97. The molecule has 74 valence electrons. The molecule has 2 heterocycles. The first-order chi connectivity index (χ1) is 6.81. The molecule has 2 aromatic heterocycles. The first-order valence-corrected chi connectivity index (χ1v) is 5.39. The number of nitrogens with zero attached hydrogens (tertiary/aromatic N) is 1. The second kappa shape index (κ2) is 3.94. The third-order valence-electron chi connectivity index (χ3n) is 2.09. The highest BCUT2D eigenvalue weighted by Crippen LogP contribution is 2.22. The summed E-state index contributed by atoms with van der Waals surface area (Å²) in [6.07, 6.45) is 0.619. The van der Waals surface area contributed by atoms with Crippen molar-refractivity contribution in [1.29, 1.82) is 0 Å². The fourth-order valence-electron chi connectivity index (χ4n) is 1.38. The van der Waals surface area contributed by atoms with Crippen molar-refractivity contribution in [2.45, 2.75) is 13.3 Å². The number of nitrogens with one attached hydrogen (secondary N) is 1. The number of H-pyrrole nitrogens is 1. The molecule has 4 heteroatoms. The molecular formula is C10H12N2OS. The third kappa shape index (κ3) is 1.71. The lowest BCUT2D eigenvalue weighted by Crippen LogP contribution is -1.92. The maximum Gasteiger partial charge on any atom is 0.147 e. The molecule has 2 rings (SSSR count). The van der Waals surface area contributed by atoms with Crippen molar-refractivity contribution in [2.75, 3.05) is 6.61 Å². The van der Waals surface area contributed by atoms with Gasteiger partial charge in [0.15, 0.2) is 0 Å². The van der Waals surface area contributed by atoms with Crippen LogP contribution < -0.4 is 0 Å². The molecule has 0 radical (unpaired) electrons. The molecule has 0 amide bonds. The van der Waals surface area contributed by atoms with E-state index in [0.29, 0.717) is 6.42 Å². The van der Waals surface area contributed by atoms with Gasteiger partial charge in [-0.2, -0.15) is 0 Å². The van der Waals surface area contributed by atoms with Gasteiger partial charge < -0.3 is 10.1 Å². The maximum atomic E-state index is 8.83. The van der Waals surface area contributed by atoms with Crippen LogP contribution >= 0.6 is 11.3 Å². The Labute approximate surface area is 86.4 Å². The SMILES string of the molecule is Cc1[nH]c(-c2cccs2)nc1CCO. The van der Waals surface area contributed by atoms with Gasteiger partial charge in [0.05, 0.1) is 10.6 Å². The molecule has 0 aliphatic carbocycles. The van der Waals surface area contributed by atoms with E-state index in [2.05, 4.69) is 9.97 Å². The number of hydrogen-bond acceptors (Lipinski definition) is 3. The van der Waals surface area contributed by atoms with Crippen molar-refractivity contribution in [3.63, 3.8) is 0 Å². The fraction of sp³-hybridized carbons (Fsp3) is 0.300. The number of aromatic amines is 1. The first-order valence-electron chi connectivity index (χ1n) is 4.51. The van der Waals surface area contributed by atoms with Crippen molar-refractivity contribution >= 4 is 11.3 Å². The van der Waals surface area contributed by atoms with E-state index in [9.17, 15) is 0 Å². The molecule has 0 aromatic carbocycles. The fourth-order valence-corrected chi connectivity index (χ4v) is 2.04. The molecule has 0 fully saturated rings. The van der Waals surface area contributed by atoms with Gasteiger partial charge in [0, 0.05) is 18.7 Å². The molecule has 3 nitrogen and oxygen atoms in total. The Morgan fingerprint density at radius 3 is 3.07 bits per heavy atom. The van der Waals surface area contributed by atoms with Gasteiger partial charge in [0.2, 0.25) is 0 Å². The van der Waals surface area contributed by atoms with Gasteiger partial charge >= 0.3 is 0 Å². The Balaban J connectivity index is 2.33. The predicted molar refractivity (Wildman–Crippen MR) is 57.4 cm³/mol. The predicted octanol–water partition coefficient (Wildman–Crippen LogP) is 1.98. The number of aryl methyl sites for hydroxylation is 1. The number of rotatable bonds is 3. The standard InChI is InChI=1S/C10H12N2OS/c1-7-8(4-5-13)12-10(11-7)9-3-2-6-14-9/h2-3,6,13H,4-5H2,1H3,(H,11,12). The molecule has 0 aliphatic heterocycles. The van der Waals surface area contributed by atoms with Crippen molar-refractivity contribution in [3.8, 4) is 10.7 Å². The Bertz CT molecular complexity index is 406. The lowest BCUT2D eigenvalue weighted by molar-refractivity contribution is 0.298. The highest BCUT2D eigenvalue weighted by Gasteiger charge is 2.07. The van der Waals surface area contributed by atoms with Crippen LogP contribution in [-0.2, 0) is 6.42 Å². The van der Waals surface area contributed by atoms with Crippen LogP contribution in [0.2, 0.25) is 0 Å². The lowest BCUT2D eigenvalue weighted by atomic mass is 10.3. The molecule has 0 saturated carbocycles. The molecular weight excluding hydrogens is 196 g/mol. The Morgan fingerprint density at radius 2 is 2.43 bits per heavy atom. The topological polar surface area (TPSA) is 48.9 Å². The average molecular weight is 208 g/mol. The number of thiophene rings is 1. The van der Waals surface area contributed by atoms with Crippen molar-refractivity contribution in [1.82, 2.24) is 9.97 Å². The summed E-state index contributed by atoms with van der Waals surface area (Å²) in [5, 5.41) is 10.9. The van der Waals surface area contributed by atoms with Crippen LogP contribution in [0.3, 0.4) is 0 Å². The van der Waals surface area contributed by atoms with Crippen LogP contribution in [0.25, 0.3) is 10.7 Å². The minimum absolute atomic E-state index is 0.148. The molecule has 0 bridgehead atoms. The van der Waals surface area contributed by atoms with E-state index in [-0.39, 0.29) is 6.61 Å². The largest absolute Gasteiger partial charge is 0.396 e. The summed E-state index contributed by atoms with van der Waals surface area (Å²) in [6.45, 7) is 2.13. The smallest absolute Gasteiger partial charge is 0.147 e. The van der Waals surface area contributed by atoms with Gasteiger partial charge in [0.25, 0.3) is 0 Å². The van der Waals surface area contributed by atoms with Gasteiger partial charge in [-0.05, 0) is 18.4 Å². The Morgan fingerprint density at radius 1 is 1.57 bits per heavy atom. The van der Waals surface area contributed by atoms with Crippen LogP contribution in [0, 0.1) is 6.92 Å². The van der Waals surface area contributed by atoms with Gasteiger partial charge in [-0.25, -0.2) is 4.98 Å². The highest BCUT2D eigenvalue weighted by molar-refractivity contribution is 7.13. The Kier molecular flexibility index (Phi) is 2.65. The zero-order valence-electron chi connectivity index (χ0n) is 7.95. The number of aromatic nitrogens is 2. The summed E-state index contributed by atoms with van der Waals surface area (Å²) in [7, 11) is 0. The second-order valence-corrected chi connectivity index (χ2v) is 4.06. The monoisotopic (exact) mass is 208 g/mol. The summed E-state index contributed by atoms with van der Waals surface area (Å²) < 4.78 is 0. The van der Waals surface area contributed by atoms with E-state index in [4.69, 9.17) is 5.11 Å². The average Bonchev–Trinajstić information content (AvgIpc) is 2.76. The van der Waals surface area contributed by atoms with Gasteiger partial charge in [-0.15, -0.1) is 11.3 Å². The van der Waals surface area contributed by atoms with Crippen LogP contribution in [0.5, 0.6) is 0 Å². The quantitative estimate of drug-likeness (QED) is 0.810. The van der Waals surface area contributed by atoms with Gasteiger partial charge in [0.1, 0.15) is 5.82 Å². The third-order valence-corrected chi connectivity index (χ3v) is 2.97. The zero-order valence-corrected chi connectivity index (χ0v) is 8.77. The van der Waals surface area contributed by atoms with Gasteiger partial charge in [-0.3, -0.25) is 0 Å². The van der Waals surface area contributed by atoms with Gasteiger partial charge in [-0.1, -0.05) is 6.07 Å². The molecule has 0 saturated heterocycles. The van der Waals surface area contributed by atoms with Crippen LogP contribution in [-0.4, -0.2) is 21.7 Å². The van der Waals surface area contributed by atoms with E-state index in [0.717, 1.165) is 22.1 Å². The molecule has 2 N–H and O–H groups in total. The molecule has 0 spiro atoms. The summed E-state index contributed by atoms with van der Waals surface area (Å²) in [4.78, 5) is 8.79. The normalized spacial score (nSPS) is 10.7. The number of hydrogen-bond donors (Lipinski definition) is 2. The lowest BCUT2D eigenvalue weighted by Gasteiger charge is -1.90. The molecule has 14 heavy (non-hydrogen) atoms. The highest BCUT2D eigenvalue weighted by atomic mass is 32.1. The summed E-state index contributed by atoms with van der Waals surface area (Å²) in [5.74, 6) is 0.904. The van der Waals surface area contributed by atoms with Crippen LogP contribution in [0.15, 0.2) is 17.5 Å². The Hall–Kier alpha value is -1.13. The molecule has 2 aromatic rings. The minimum Gasteiger partial charge on any atom is -0.396 e. The van der Waals surface area contributed by atoms with Crippen molar-refractivity contribution < 1.29 is 5.11 Å². The van der Waals surface area contributed by atoms with Crippen molar-refractivity contribution in [3.05, 3.63) is 28.9 Å².